The van der Waals surface area contributed by atoms with Crippen molar-refractivity contribution >= 4 is 17.5 Å². The van der Waals surface area contributed by atoms with E-state index in [1.807, 2.05) is 0 Å². The van der Waals surface area contributed by atoms with Crippen LogP contribution in [-0.4, -0.2) is 45.3 Å². The van der Waals surface area contributed by atoms with Gasteiger partial charge in [-0.3, -0.25) is 9.59 Å². The molecule has 0 radical (unpaired) electrons. The first-order valence-electron chi connectivity index (χ1n) is 6.00. The van der Waals surface area contributed by atoms with Gasteiger partial charge in [-0.15, -0.1) is 0 Å². The number of carbonyl (C=O) groups is 2. The molecule has 1 rings (SSSR count). The van der Waals surface area contributed by atoms with Gasteiger partial charge in [-0.05, 0) is 24.3 Å². The molecule has 0 saturated carbocycles. The summed E-state index contributed by atoms with van der Waals surface area (Å²) >= 11 is 0. The highest BCUT2D eigenvalue weighted by Gasteiger charge is 2.05. The van der Waals surface area contributed by atoms with E-state index in [0.717, 1.165) is 0 Å². The minimum atomic E-state index is -0.415. The summed E-state index contributed by atoms with van der Waals surface area (Å²) in [5.41, 5.74) is 0.463. The normalized spacial score (nSPS) is 10.1. The molecule has 110 valence electrons. The molecule has 1 aromatic rings. The number of amides is 2. The van der Waals surface area contributed by atoms with E-state index in [1.165, 1.54) is 31.4 Å². The van der Waals surface area contributed by atoms with E-state index in [-0.39, 0.29) is 24.9 Å². The SMILES string of the molecule is COCCNC(=O)COCC(=O)Nc1ccc(F)cc1. The molecule has 2 amide bonds. The average molecular weight is 284 g/mol. The molecule has 0 aliphatic heterocycles. The molecule has 1 aromatic carbocycles. The lowest BCUT2D eigenvalue weighted by Crippen LogP contribution is -2.31. The second-order valence-electron chi connectivity index (χ2n) is 3.89. The number of halogens is 1. The zero-order valence-electron chi connectivity index (χ0n) is 11.1. The Balaban J connectivity index is 2.17. The summed E-state index contributed by atoms with van der Waals surface area (Å²) < 4.78 is 22.4. The summed E-state index contributed by atoms with van der Waals surface area (Å²) in [6.07, 6.45) is 0. The Morgan fingerprint density at radius 2 is 1.80 bits per heavy atom. The third-order valence-corrected chi connectivity index (χ3v) is 2.22. The number of nitrogens with one attached hydrogen (secondary N) is 2. The van der Waals surface area contributed by atoms with Crippen molar-refractivity contribution in [3.05, 3.63) is 30.1 Å². The number of hydrogen-bond donors (Lipinski definition) is 2. The summed E-state index contributed by atoms with van der Waals surface area (Å²) in [4.78, 5) is 22.7. The molecule has 6 nitrogen and oxygen atoms in total. The van der Waals surface area contributed by atoms with E-state index in [1.54, 1.807) is 0 Å². The molecule has 0 aromatic heterocycles. The van der Waals surface area contributed by atoms with Crippen molar-refractivity contribution in [2.75, 3.05) is 38.8 Å². The first-order chi connectivity index (χ1) is 9.61. The molecule has 0 fully saturated rings. The molecule has 20 heavy (non-hydrogen) atoms. The molecule has 0 heterocycles. The Hall–Kier alpha value is -1.99. The van der Waals surface area contributed by atoms with E-state index in [0.29, 0.717) is 18.8 Å². The summed E-state index contributed by atoms with van der Waals surface area (Å²) in [5.74, 6) is -1.12. The zero-order chi connectivity index (χ0) is 14.8. The standard InChI is InChI=1S/C13H17FN2O4/c1-19-7-6-15-12(17)8-20-9-13(18)16-11-4-2-10(14)3-5-11/h2-5H,6-9H2,1H3,(H,15,17)(H,16,18). The second kappa shape index (κ2) is 9.00. The Labute approximate surface area is 116 Å². The maximum Gasteiger partial charge on any atom is 0.250 e. The molecule has 0 aliphatic rings. The van der Waals surface area contributed by atoms with E-state index in [2.05, 4.69) is 10.6 Å². The smallest absolute Gasteiger partial charge is 0.250 e. The molecule has 7 heteroatoms. The first kappa shape index (κ1) is 16.1. The van der Waals surface area contributed by atoms with Gasteiger partial charge in [0.25, 0.3) is 0 Å². The highest BCUT2D eigenvalue weighted by atomic mass is 19.1. The predicted octanol–water partition coefficient (Wildman–Crippen LogP) is 0.543. The number of carbonyl (C=O) groups excluding carboxylic acids is 2. The van der Waals surface area contributed by atoms with Gasteiger partial charge in [0.05, 0.1) is 6.61 Å². The lowest BCUT2D eigenvalue weighted by atomic mass is 10.3. The van der Waals surface area contributed by atoms with Gasteiger partial charge in [0, 0.05) is 19.3 Å². The fourth-order valence-corrected chi connectivity index (χ4v) is 1.31. The highest BCUT2D eigenvalue weighted by molar-refractivity contribution is 5.91. The van der Waals surface area contributed by atoms with E-state index in [9.17, 15) is 14.0 Å². The fraction of sp³-hybridized carbons (Fsp3) is 0.385. The van der Waals surface area contributed by atoms with Crippen molar-refractivity contribution in [3.63, 3.8) is 0 Å². The molecular weight excluding hydrogens is 267 g/mol. The number of ether oxygens (including phenoxy) is 2. The van der Waals surface area contributed by atoms with E-state index in [4.69, 9.17) is 9.47 Å². The van der Waals surface area contributed by atoms with E-state index >= 15 is 0 Å². The average Bonchev–Trinajstić information content (AvgIpc) is 2.42. The summed E-state index contributed by atoms with van der Waals surface area (Å²) in [5, 5.41) is 5.06. The van der Waals surface area contributed by atoms with Crippen molar-refractivity contribution in [1.29, 1.82) is 0 Å². The Kier molecular flexibility index (Phi) is 7.23. The first-order valence-corrected chi connectivity index (χ1v) is 6.00. The Morgan fingerprint density at radius 1 is 1.15 bits per heavy atom. The van der Waals surface area contributed by atoms with Crippen molar-refractivity contribution in [3.8, 4) is 0 Å². The van der Waals surface area contributed by atoms with Gasteiger partial charge >= 0.3 is 0 Å². The van der Waals surface area contributed by atoms with Gasteiger partial charge in [-0.1, -0.05) is 0 Å². The highest BCUT2D eigenvalue weighted by Crippen LogP contribution is 2.07. The van der Waals surface area contributed by atoms with Gasteiger partial charge in [0.15, 0.2) is 0 Å². The number of benzene rings is 1. The van der Waals surface area contributed by atoms with E-state index < -0.39 is 5.91 Å². The number of methoxy groups -OCH3 is 1. The lowest BCUT2D eigenvalue weighted by Gasteiger charge is -2.07. The molecule has 0 bridgehead atoms. The van der Waals surface area contributed by atoms with Crippen LogP contribution in [0.2, 0.25) is 0 Å². The van der Waals surface area contributed by atoms with Gasteiger partial charge in [0.2, 0.25) is 11.8 Å². The molecule has 0 atom stereocenters. The van der Waals surface area contributed by atoms with Crippen LogP contribution in [0.3, 0.4) is 0 Å². The second-order valence-corrected chi connectivity index (χ2v) is 3.89. The lowest BCUT2D eigenvalue weighted by molar-refractivity contribution is -0.128. The molecule has 0 unspecified atom stereocenters. The van der Waals surface area contributed by atoms with Crippen molar-refractivity contribution in [1.82, 2.24) is 5.32 Å². The van der Waals surface area contributed by atoms with Crippen LogP contribution in [0.25, 0.3) is 0 Å². The summed E-state index contributed by atoms with van der Waals surface area (Å²) in [6, 6.07) is 5.34. The summed E-state index contributed by atoms with van der Waals surface area (Å²) in [7, 11) is 1.53. The maximum absolute atomic E-state index is 12.7. The quantitative estimate of drug-likeness (QED) is 0.683. The van der Waals surface area contributed by atoms with Crippen LogP contribution in [0, 0.1) is 5.82 Å². The molecule has 0 saturated heterocycles. The third kappa shape index (κ3) is 6.81. The van der Waals surface area contributed by atoms with Crippen LogP contribution in [0.5, 0.6) is 0 Å². The van der Waals surface area contributed by atoms with Crippen molar-refractivity contribution < 1.29 is 23.5 Å². The summed E-state index contributed by atoms with van der Waals surface area (Å²) in [6.45, 7) is 0.340. The third-order valence-electron chi connectivity index (χ3n) is 2.22. The molecule has 2 N–H and O–H groups in total. The van der Waals surface area contributed by atoms with Crippen molar-refractivity contribution in [2.45, 2.75) is 0 Å². The van der Waals surface area contributed by atoms with Crippen LogP contribution in [0.4, 0.5) is 10.1 Å². The van der Waals surface area contributed by atoms with Gasteiger partial charge in [0.1, 0.15) is 19.0 Å². The zero-order valence-corrected chi connectivity index (χ0v) is 11.1. The fourth-order valence-electron chi connectivity index (χ4n) is 1.31. The Bertz CT molecular complexity index is 437. The van der Waals surface area contributed by atoms with Crippen molar-refractivity contribution in [2.24, 2.45) is 0 Å². The van der Waals surface area contributed by atoms with Crippen LogP contribution in [0.15, 0.2) is 24.3 Å². The topological polar surface area (TPSA) is 76.7 Å². The van der Waals surface area contributed by atoms with Crippen LogP contribution in [-0.2, 0) is 19.1 Å². The molecule has 0 aliphatic carbocycles. The van der Waals surface area contributed by atoms with Crippen LogP contribution >= 0.6 is 0 Å². The van der Waals surface area contributed by atoms with Gasteiger partial charge in [-0.2, -0.15) is 0 Å². The minimum absolute atomic E-state index is 0.208. The number of rotatable bonds is 8. The number of anilines is 1. The van der Waals surface area contributed by atoms with Gasteiger partial charge < -0.3 is 20.1 Å². The molecular formula is C13H17FN2O4. The number of hydrogen-bond acceptors (Lipinski definition) is 4. The minimum Gasteiger partial charge on any atom is -0.383 e. The molecule has 0 spiro atoms. The van der Waals surface area contributed by atoms with Crippen LogP contribution in [0.1, 0.15) is 0 Å². The largest absolute Gasteiger partial charge is 0.383 e. The Morgan fingerprint density at radius 3 is 2.45 bits per heavy atom. The van der Waals surface area contributed by atoms with Crippen LogP contribution < -0.4 is 10.6 Å². The predicted molar refractivity (Wildman–Crippen MR) is 70.7 cm³/mol. The monoisotopic (exact) mass is 284 g/mol. The maximum atomic E-state index is 12.7. The van der Waals surface area contributed by atoms with Gasteiger partial charge in [-0.25, -0.2) is 4.39 Å².